The van der Waals surface area contributed by atoms with Crippen LogP contribution in [0.4, 0.5) is 0 Å². The number of rotatable bonds is 13. The van der Waals surface area contributed by atoms with Gasteiger partial charge in [0.2, 0.25) is 0 Å². The van der Waals surface area contributed by atoms with Gasteiger partial charge in [0.25, 0.3) is 0 Å². The summed E-state index contributed by atoms with van der Waals surface area (Å²) in [4.78, 5) is 45.9. The van der Waals surface area contributed by atoms with Gasteiger partial charge in [-0.3, -0.25) is 0 Å². The van der Waals surface area contributed by atoms with E-state index >= 15 is 0 Å². The van der Waals surface area contributed by atoms with E-state index in [1.54, 1.807) is 33.3 Å². The van der Waals surface area contributed by atoms with Crippen molar-refractivity contribution in [3.05, 3.63) is 131 Å². The second-order valence-corrected chi connectivity index (χ2v) is 11.0. The quantitative estimate of drug-likeness (QED) is 0.0816. The van der Waals surface area contributed by atoms with E-state index < -0.39 is 23.9 Å². The molecule has 0 saturated heterocycles. The molecule has 0 atom stereocenters. The first-order chi connectivity index (χ1) is 25.3. The highest BCUT2D eigenvalue weighted by Crippen LogP contribution is 2.30. The fraction of sp³-hybridized carbons (Fsp3) is 0.220. The molecule has 0 saturated carbocycles. The molecule has 0 fully saturated rings. The summed E-state index contributed by atoms with van der Waals surface area (Å²) in [5.74, 6) is -0.360. The summed E-state index contributed by atoms with van der Waals surface area (Å²) in [5.41, 5.74) is 2.95. The average molecular weight is 729 g/mol. The summed E-state index contributed by atoms with van der Waals surface area (Å²) < 4.78 is 35.7. The van der Waals surface area contributed by atoms with Crippen molar-refractivity contribution in [2.75, 3.05) is 28.4 Å². The van der Waals surface area contributed by atoms with Crippen LogP contribution in [0.1, 0.15) is 52.6 Å². The summed E-state index contributed by atoms with van der Waals surface area (Å²) >= 11 is 0. The Balaban J connectivity index is 0.000000307. The van der Waals surface area contributed by atoms with E-state index in [0.717, 1.165) is 17.7 Å². The Bertz CT molecular complexity index is 1890. The van der Waals surface area contributed by atoms with Crippen LogP contribution >= 0.6 is 0 Å². The van der Waals surface area contributed by atoms with Crippen molar-refractivity contribution in [2.24, 2.45) is 0 Å². The first-order valence-electron chi connectivity index (χ1n) is 16.0. The average Bonchev–Trinajstić information content (AvgIpc) is 3.17. The highest BCUT2D eigenvalue weighted by atomic mass is 16.6. The van der Waals surface area contributed by atoms with Crippen LogP contribution in [0, 0.1) is 0 Å². The number of methoxy groups -OCH3 is 4. The van der Waals surface area contributed by atoms with Crippen molar-refractivity contribution in [3.63, 3.8) is 0 Å². The van der Waals surface area contributed by atoms with E-state index in [9.17, 15) is 19.2 Å². The number of ether oxygens (including phenoxy) is 7. The van der Waals surface area contributed by atoms with Crippen LogP contribution in [0.3, 0.4) is 0 Å². The lowest BCUT2D eigenvalue weighted by molar-refractivity contribution is -0.131. The predicted molar refractivity (Wildman–Crippen MR) is 198 cm³/mol. The van der Waals surface area contributed by atoms with Crippen LogP contribution in [0.15, 0.2) is 109 Å². The third-order valence-electron chi connectivity index (χ3n) is 6.96. The highest BCUT2D eigenvalue weighted by molar-refractivity contribution is 5.92. The van der Waals surface area contributed by atoms with Crippen molar-refractivity contribution >= 4 is 23.9 Å². The van der Waals surface area contributed by atoms with Crippen LogP contribution in [0.5, 0.6) is 34.5 Å². The molecule has 0 aliphatic rings. The lowest BCUT2D eigenvalue weighted by Gasteiger charge is -2.11. The fourth-order valence-electron chi connectivity index (χ4n) is 4.02. The highest BCUT2D eigenvalue weighted by Gasteiger charge is 2.16. The Kier molecular flexibility index (Phi) is 17.4. The zero-order chi connectivity index (χ0) is 39.5. The molecule has 12 heteroatoms. The van der Waals surface area contributed by atoms with Gasteiger partial charge in [0.15, 0.2) is 23.0 Å². The molecule has 4 aromatic rings. The van der Waals surface area contributed by atoms with Gasteiger partial charge < -0.3 is 38.3 Å². The Morgan fingerprint density at radius 2 is 1.04 bits per heavy atom. The van der Waals surface area contributed by atoms with E-state index in [1.165, 1.54) is 63.1 Å². The standard InChI is InChI=1S/C20H20O6.C12H12O5.C9H12O/c1-13(2)19(21)26-17-9-8-15(11-18(17)24-4)20(22)25-12-14-6-5-7-16(10-14)23-3;1-7(2)12(15)17-9-5-4-8(11(13)14)6-10(9)16-3;1-3-8-5-4-6-9(7-8)10-2/h5-11H,1,12H2,2-4H3;4-6H,1H2,2-3H3,(H,13,14);4-7H,3H2,1-2H3. The topological polar surface area (TPSA) is 153 Å². The molecule has 4 rings (SSSR count). The molecule has 1 N–H and O–H groups in total. The minimum Gasteiger partial charge on any atom is -0.497 e. The SMILES string of the molecule is C=C(C)C(=O)Oc1ccc(C(=O)O)cc1OC.C=C(C)C(=O)Oc1ccc(C(=O)OCc2cccc(OC)c2)cc1OC.CCc1cccc(OC)c1. The number of carbonyl (C=O) groups excluding carboxylic acids is 3. The minimum atomic E-state index is -1.08. The summed E-state index contributed by atoms with van der Waals surface area (Å²) in [6, 6.07) is 23.8. The zero-order valence-corrected chi connectivity index (χ0v) is 30.8. The van der Waals surface area contributed by atoms with Crippen molar-refractivity contribution in [1.82, 2.24) is 0 Å². The van der Waals surface area contributed by atoms with E-state index in [4.69, 9.17) is 38.3 Å². The number of carboxylic acids is 1. The minimum absolute atomic E-state index is 0.0528. The van der Waals surface area contributed by atoms with Crippen LogP contribution in [0.25, 0.3) is 0 Å². The zero-order valence-electron chi connectivity index (χ0n) is 30.8. The number of benzene rings is 4. The first kappa shape index (κ1) is 42.6. The number of aromatic carboxylic acids is 1. The normalized spacial score (nSPS) is 9.72. The molecule has 0 spiro atoms. The van der Waals surface area contributed by atoms with Crippen molar-refractivity contribution in [1.29, 1.82) is 0 Å². The first-order valence-corrected chi connectivity index (χ1v) is 16.0. The van der Waals surface area contributed by atoms with Crippen LogP contribution in [-0.4, -0.2) is 57.4 Å². The molecule has 53 heavy (non-hydrogen) atoms. The maximum absolute atomic E-state index is 12.3. The number of hydrogen-bond donors (Lipinski definition) is 1. The third kappa shape index (κ3) is 13.9. The fourth-order valence-corrected chi connectivity index (χ4v) is 4.02. The van der Waals surface area contributed by atoms with E-state index in [0.29, 0.717) is 5.75 Å². The van der Waals surface area contributed by atoms with E-state index in [1.807, 2.05) is 24.3 Å². The largest absolute Gasteiger partial charge is 0.497 e. The smallest absolute Gasteiger partial charge is 0.338 e. The monoisotopic (exact) mass is 728 g/mol. The molecule has 12 nitrogen and oxygen atoms in total. The van der Waals surface area contributed by atoms with Crippen LogP contribution in [0.2, 0.25) is 0 Å². The van der Waals surface area contributed by atoms with Gasteiger partial charge in [-0.2, -0.15) is 0 Å². The van der Waals surface area contributed by atoms with Gasteiger partial charge in [0.1, 0.15) is 18.1 Å². The van der Waals surface area contributed by atoms with Crippen LogP contribution in [-0.2, 0) is 27.4 Å². The molecule has 0 radical (unpaired) electrons. The van der Waals surface area contributed by atoms with Gasteiger partial charge >= 0.3 is 23.9 Å². The van der Waals surface area contributed by atoms with E-state index in [2.05, 4.69) is 32.2 Å². The third-order valence-corrected chi connectivity index (χ3v) is 6.96. The van der Waals surface area contributed by atoms with Gasteiger partial charge in [-0.15, -0.1) is 0 Å². The number of esters is 3. The maximum Gasteiger partial charge on any atom is 0.338 e. The Labute approximate surface area is 309 Å². The summed E-state index contributed by atoms with van der Waals surface area (Å²) in [6.45, 7) is 12.3. The molecule has 0 aliphatic heterocycles. The molecule has 280 valence electrons. The van der Waals surface area contributed by atoms with Gasteiger partial charge in [-0.1, -0.05) is 44.3 Å². The summed E-state index contributed by atoms with van der Waals surface area (Å²) in [7, 11) is 6.03. The molecule has 0 aromatic heterocycles. The summed E-state index contributed by atoms with van der Waals surface area (Å²) in [6.07, 6.45) is 1.07. The Morgan fingerprint density at radius 1 is 0.585 bits per heavy atom. The molecule has 0 heterocycles. The van der Waals surface area contributed by atoms with E-state index in [-0.39, 0.29) is 51.9 Å². The Hall–Kier alpha value is -6.56. The number of hydrogen-bond acceptors (Lipinski definition) is 11. The predicted octanol–water partition coefficient (Wildman–Crippen LogP) is 7.67. The second-order valence-electron chi connectivity index (χ2n) is 11.0. The molecule has 0 amide bonds. The number of carbonyl (C=O) groups is 4. The molecule has 0 unspecified atom stereocenters. The maximum atomic E-state index is 12.3. The van der Waals surface area contributed by atoms with Gasteiger partial charge in [-0.05, 0) is 92.1 Å². The van der Waals surface area contributed by atoms with Gasteiger partial charge in [0, 0.05) is 11.1 Å². The second kappa shape index (κ2) is 21.6. The molecule has 0 aliphatic carbocycles. The molecule has 0 bridgehead atoms. The lowest BCUT2D eigenvalue weighted by atomic mass is 10.2. The summed E-state index contributed by atoms with van der Waals surface area (Å²) in [5, 5.41) is 8.79. The van der Waals surface area contributed by atoms with Crippen molar-refractivity contribution in [3.8, 4) is 34.5 Å². The van der Waals surface area contributed by atoms with Crippen molar-refractivity contribution in [2.45, 2.75) is 33.8 Å². The van der Waals surface area contributed by atoms with Gasteiger partial charge in [-0.25, -0.2) is 19.2 Å². The Morgan fingerprint density at radius 3 is 1.47 bits per heavy atom. The number of aryl methyl sites for hydroxylation is 1. The lowest BCUT2D eigenvalue weighted by Crippen LogP contribution is -2.10. The molecule has 4 aromatic carbocycles. The molecular weight excluding hydrogens is 684 g/mol. The van der Waals surface area contributed by atoms with Crippen molar-refractivity contribution < 1.29 is 57.4 Å². The molecular formula is C41H44O12. The van der Waals surface area contributed by atoms with Gasteiger partial charge in [0.05, 0.1) is 39.6 Å². The van der Waals surface area contributed by atoms with Crippen LogP contribution < -0.4 is 28.4 Å². The number of carboxylic acid groups (broad SMARTS) is 1.